The standard InChI is InChI=1S/C20H29F2NO4/c1-11(2)17(15-9-8-14(21)10-16(15)22)13(4)26-18(24)12(3)23-19(25)27-20(5,6)7/h8-13,17H,1-7H3,(H,23,25)/t12-,13-,17-/m0/s1. The van der Waals surface area contributed by atoms with Crippen molar-refractivity contribution in [2.24, 2.45) is 5.92 Å². The Morgan fingerprint density at radius 3 is 2.15 bits per heavy atom. The first-order chi connectivity index (χ1) is 12.3. The highest BCUT2D eigenvalue weighted by molar-refractivity contribution is 5.81. The van der Waals surface area contributed by atoms with E-state index in [0.717, 1.165) is 6.07 Å². The van der Waals surface area contributed by atoms with Crippen molar-refractivity contribution in [3.05, 3.63) is 35.4 Å². The van der Waals surface area contributed by atoms with E-state index in [1.807, 2.05) is 13.8 Å². The van der Waals surface area contributed by atoms with Crippen molar-refractivity contribution in [3.8, 4) is 0 Å². The molecule has 0 aromatic heterocycles. The molecule has 0 fully saturated rings. The fourth-order valence-electron chi connectivity index (χ4n) is 2.83. The number of carbonyl (C=O) groups excluding carboxylic acids is 2. The van der Waals surface area contributed by atoms with Crippen LogP contribution in [0.4, 0.5) is 13.6 Å². The molecule has 1 amide bonds. The van der Waals surface area contributed by atoms with Gasteiger partial charge in [-0.15, -0.1) is 0 Å². The number of hydrogen-bond acceptors (Lipinski definition) is 4. The third-order valence-corrected chi connectivity index (χ3v) is 3.93. The van der Waals surface area contributed by atoms with E-state index in [0.29, 0.717) is 0 Å². The molecule has 1 aromatic rings. The van der Waals surface area contributed by atoms with Crippen LogP contribution in [0.2, 0.25) is 0 Å². The first-order valence-corrected chi connectivity index (χ1v) is 8.96. The van der Waals surface area contributed by atoms with Crippen molar-refractivity contribution in [1.82, 2.24) is 5.32 Å². The summed E-state index contributed by atoms with van der Waals surface area (Å²) in [6.45, 7) is 12.0. The van der Waals surface area contributed by atoms with E-state index in [4.69, 9.17) is 9.47 Å². The molecule has 0 aliphatic rings. The second-order valence-electron chi connectivity index (χ2n) is 7.95. The zero-order chi connectivity index (χ0) is 20.9. The Hall–Kier alpha value is -2.18. The molecule has 1 aromatic carbocycles. The van der Waals surface area contributed by atoms with Crippen LogP contribution in [-0.4, -0.2) is 29.8 Å². The van der Waals surface area contributed by atoms with E-state index in [1.54, 1.807) is 27.7 Å². The summed E-state index contributed by atoms with van der Waals surface area (Å²) in [6.07, 6.45) is -1.41. The summed E-state index contributed by atoms with van der Waals surface area (Å²) in [5.41, 5.74) is -0.413. The quantitative estimate of drug-likeness (QED) is 0.730. The van der Waals surface area contributed by atoms with Crippen molar-refractivity contribution in [1.29, 1.82) is 0 Å². The van der Waals surface area contributed by atoms with Gasteiger partial charge in [-0.3, -0.25) is 0 Å². The second kappa shape index (κ2) is 9.15. The van der Waals surface area contributed by atoms with Gasteiger partial charge in [-0.05, 0) is 52.2 Å². The Balaban J connectivity index is 2.82. The van der Waals surface area contributed by atoms with Crippen LogP contribution in [0.3, 0.4) is 0 Å². The number of benzene rings is 1. The normalized spacial score (nSPS) is 15.0. The predicted molar refractivity (Wildman–Crippen MR) is 98.3 cm³/mol. The number of alkyl carbamates (subject to hydrolysis) is 1. The zero-order valence-electron chi connectivity index (χ0n) is 16.9. The highest BCUT2D eigenvalue weighted by Crippen LogP contribution is 2.32. The number of esters is 1. The van der Waals surface area contributed by atoms with Gasteiger partial charge in [0.15, 0.2) is 0 Å². The SMILES string of the molecule is CC(C)[C@H](c1ccc(F)cc1F)[C@H](C)OC(=O)[C@H](C)NC(=O)OC(C)(C)C. The molecule has 0 radical (unpaired) electrons. The topological polar surface area (TPSA) is 64.6 Å². The second-order valence-corrected chi connectivity index (χ2v) is 7.95. The molecule has 0 spiro atoms. The average molecular weight is 385 g/mol. The summed E-state index contributed by atoms with van der Waals surface area (Å²) in [7, 11) is 0. The predicted octanol–water partition coefficient (Wildman–Crippen LogP) is 4.55. The molecule has 0 saturated carbocycles. The van der Waals surface area contributed by atoms with Gasteiger partial charge in [0, 0.05) is 12.0 Å². The molecule has 1 rings (SSSR count). The molecule has 7 heteroatoms. The van der Waals surface area contributed by atoms with Crippen molar-refractivity contribution < 1.29 is 27.8 Å². The summed E-state index contributed by atoms with van der Waals surface area (Å²) < 4.78 is 37.9. The number of carbonyl (C=O) groups is 2. The lowest BCUT2D eigenvalue weighted by molar-refractivity contribution is -0.152. The Morgan fingerprint density at radius 1 is 1.07 bits per heavy atom. The summed E-state index contributed by atoms with van der Waals surface area (Å²) in [5, 5.41) is 2.41. The highest BCUT2D eigenvalue weighted by Gasteiger charge is 2.30. The van der Waals surface area contributed by atoms with Crippen LogP contribution in [0.5, 0.6) is 0 Å². The first kappa shape index (κ1) is 22.9. The third kappa shape index (κ3) is 7.15. The van der Waals surface area contributed by atoms with Crippen LogP contribution in [0.1, 0.15) is 59.9 Å². The molecule has 27 heavy (non-hydrogen) atoms. The van der Waals surface area contributed by atoms with Gasteiger partial charge in [0.25, 0.3) is 0 Å². The summed E-state index contributed by atoms with van der Waals surface area (Å²) >= 11 is 0. The molecule has 5 nitrogen and oxygen atoms in total. The van der Waals surface area contributed by atoms with E-state index in [9.17, 15) is 18.4 Å². The lowest BCUT2D eigenvalue weighted by Crippen LogP contribution is -2.43. The maximum Gasteiger partial charge on any atom is 0.408 e. The molecular formula is C20H29F2NO4. The smallest absolute Gasteiger partial charge is 0.408 e. The lowest BCUT2D eigenvalue weighted by atomic mass is 9.84. The van der Waals surface area contributed by atoms with Crippen molar-refractivity contribution in [2.75, 3.05) is 0 Å². The molecule has 0 bridgehead atoms. The van der Waals surface area contributed by atoms with Crippen molar-refractivity contribution in [3.63, 3.8) is 0 Å². The number of amides is 1. The van der Waals surface area contributed by atoms with E-state index in [2.05, 4.69) is 5.32 Å². The Bertz CT molecular complexity index is 670. The van der Waals surface area contributed by atoms with Gasteiger partial charge < -0.3 is 14.8 Å². The first-order valence-electron chi connectivity index (χ1n) is 8.96. The van der Waals surface area contributed by atoms with Crippen molar-refractivity contribution in [2.45, 2.75) is 72.1 Å². The molecule has 0 aliphatic carbocycles. The summed E-state index contributed by atoms with van der Waals surface area (Å²) in [5.74, 6) is -2.55. The van der Waals surface area contributed by atoms with Crippen LogP contribution < -0.4 is 5.32 Å². The Labute approximate surface area is 159 Å². The van der Waals surface area contributed by atoms with Gasteiger partial charge in [0.1, 0.15) is 29.4 Å². The summed E-state index contributed by atoms with van der Waals surface area (Å²) in [4.78, 5) is 24.1. The van der Waals surface area contributed by atoms with Gasteiger partial charge in [0.2, 0.25) is 0 Å². The van der Waals surface area contributed by atoms with Gasteiger partial charge in [-0.2, -0.15) is 0 Å². The van der Waals surface area contributed by atoms with E-state index < -0.39 is 47.4 Å². The number of hydrogen-bond donors (Lipinski definition) is 1. The molecule has 0 saturated heterocycles. The molecular weight excluding hydrogens is 356 g/mol. The Kier molecular flexibility index (Phi) is 7.75. The molecule has 0 unspecified atom stereocenters. The van der Waals surface area contributed by atoms with Crippen LogP contribution in [0, 0.1) is 17.6 Å². The van der Waals surface area contributed by atoms with Crippen molar-refractivity contribution >= 4 is 12.1 Å². The molecule has 1 N–H and O–H groups in total. The van der Waals surface area contributed by atoms with Gasteiger partial charge >= 0.3 is 12.1 Å². The van der Waals surface area contributed by atoms with E-state index in [1.165, 1.54) is 19.1 Å². The minimum absolute atomic E-state index is 0.0677. The molecule has 0 heterocycles. The maximum atomic E-state index is 14.2. The fourth-order valence-corrected chi connectivity index (χ4v) is 2.83. The van der Waals surface area contributed by atoms with Crippen LogP contribution in [0.25, 0.3) is 0 Å². The van der Waals surface area contributed by atoms with E-state index >= 15 is 0 Å². The number of rotatable bonds is 6. The van der Waals surface area contributed by atoms with E-state index in [-0.39, 0.29) is 11.5 Å². The maximum absolute atomic E-state index is 14.2. The van der Waals surface area contributed by atoms with Gasteiger partial charge in [0.05, 0.1) is 0 Å². The molecule has 3 atom stereocenters. The van der Waals surface area contributed by atoms with Gasteiger partial charge in [-0.25, -0.2) is 18.4 Å². The number of nitrogens with one attached hydrogen (secondary N) is 1. The largest absolute Gasteiger partial charge is 0.460 e. The average Bonchev–Trinajstić information content (AvgIpc) is 2.47. The number of halogens is 2. The zero-order valence-corrected chi connectivity index (χ0v) is 16.9. The molecule has 0 aliphatic heterocycles. The highest BCUT2D eigenvalue weighted by atomic mass is 19.1. The van der Waals surface area contributed by atoms with Crippen LogP contribution in [0.15, 0.2) is 18.2 Å². The minimum Gasteiger partial charge on any atom is -0.460 e. The summed E-state index contributed by atoms with van der Waals surface area (Å²) in [6, 6.07) is 2.41. The van der Waals surface area contributed by atoms with Crippen LogP contribution >= 0.6 is 0 Å². The lowest BCUT2D eigenvalue weighted by Gasteiger charge is -2.29. The van der Waals surface area contributed by atoms with Gasteiger partial charge in [-0.1, -0.05) is 19.9 Å². The fraction of sp³-hybridized carbons (Fsp3) is 0.600. The van der Waals surface area contributed by atoms with Crippen LogP contribution in [-0.2, 0) is 14.3 Å². The number of ether oxygens (including phenoxy) is 2. The Morgan fingerprint density at radius 2 is 1.67 bits per heavy atom. The monoisotopic (exact) mass is 385 g/mol. The minimum atomic E-state index is -0.937. The third-order valence-electron chi connectivity index (χ3n) is 3.93. The molecule has 152 valence electrons.